The monoisotopic (exact) mass is 481 g/mol. The van der Waals surface area contributed by atoms with Crippen LogP contribution in [-0.4, -0.2) is 64.5 Å². The number of rotatable bonds is 4. The molecule has 8 nitrogen and oxygen atoms in total. The molecule has 2 heterocycles. The fourth-order valence-electron chi connectivity index (χ4n) is 4.33. The Bertz CT molecular complexity index is 1260. The lowest BCUT2D eigenvalue weighted by atomic mass is 9.85. The molecule has 1 amide bonds. The molecule has 0 bridgehead atoms. The van der Waals surface area contributed by atoms with Crippen LogP contribution in [0.3, 0.4) is 0 Å². The molecule has 3 aromatic rings. The van der Waals surface area contributed by atoms with Gasteiger partial charge in [-0.15, -0.1) is 0 Å². The number of sulfonamides is 1. The molecule has 34 heavy (non-hydrogen) atoms. The first-order valence-corrected chi connectivity index (χ1v) is 12.8. The summed E-state index contributed by atoms with van der Waals surface area (Å²) in [6.45, 7) is 11.3. The third kappa shape index (κ3) is 4.63. The summed E-state index contributed by atoms with van der Waals surface area (Å²) in [5.41, 5.74) is 3.95. The number of piperazine rings is 1. The molecular formula is C25H31N5O3S. The number of benzene rings is 2. The van der Waals surface area contributed by atoms with E-state index in [2.05, 4.69) is 30.9 Å². The van der Waals surface area contributed by atoms with Crippen molar-refractivity contribution in [2.75, 3.05) is 26.2 Å². The number of hydrogen-bond donors (Lipinski definition) is 0. The zero-order chi connectivity index (χ0) is 24.7. The molecule has 1 fully saturated rings. The summed E-state index contributed by atoms with van der Waals surface area (Å²) in [6.07, 6.45) is 3.05. The Hall–Kier alpha value is -3.04. The quantitative estimate of drug-likeness (QED) is 0.570. The molecule has 0 saturated carbocycles. The van der Waals surface area contributed by atoms with Gasteiger partial charge in [-0.3, -0.25) is 4.79 Å². The van der Waals surface area contributed by atoms with E-state index in [1.165, 1.54) is 10.6 Å². The Morgan fingerprint density at radius 2 is 1.53 bits per heavy atom. The number of hydrogen-bond acceptors (Lipinski definition) is 5. The van der Waals surface area contributed by atoms with Crippen LogP contribution in [0.25, 0.3) is 5.69 Å². The average molecular weight is 482 g/mol. The van der Waals surface area contributed by atoms with Crippen molar-refractivity contribution in [2.24, 2.45) is 0 Å². The van der Waals surface area contributed by atoms with Gasteiger partial charge in [0.25, 0.3) is 5.91 Å². The zero-order valence-corrected chi connectivity index (χ0v) is 21.1. The van der Waals surface area contributed by atoms with Crippen LogP contribution in [0.1, 0.15) is 47.8 Å². The van der Waals surface area contributed by atoms with Crippen LogP contribution < -0.4 is 0 Å². The van der Waals surface area contributed by atoms with E-state index in [0.717, 1.165) is 22.4 Å². The molecule has 9 heteroatoms. The highest BCUT2D eigenvalue weighted by Gasteiger charge is 2.33. The highest BCUT2D eigenvalue weighted by molar-refractivity contribution is 7.89. The van der Waals surface area contributed by atoms with E-state index in [1.54, 1.807) is 28.0 Å². The highest BCUT2D eigenvalue weighted by atomic mass is 32.2. The molecule has 180 valence electrons. The van der Waals surface area contributed by atoms with Crippen molar-refractivity contribution < 1.29 is 13.2 Å². The van der Waals surface area contributed by atoms with Crippen molar-refractivity contribution >= 4 is 15.9 Å². The van der Waals surface area contributed by atoms with E-state index in [0.29, 0.717) is 23.5 Å². The second kappa shape index (κ2) is 8.96. The first-order chi connectivity index (χ1) is 16.0. The van der Waals surface area contributed by atoms with E-state index in [-0.39, 0.29) is 24.4 Å². The van der Waals surface area contributed by atoms with E-state index in [4.69, 9.17) is 0 Å². The summed E-state index contributed by atoms with van der Waals surface area (Å²) in [5, 5.41) is 4.08. The summed E-state index contributed by atoms with van der Waals surface area (Å²) >= 11 is 0. The van der Waals surface area contributed by atoms with Crippen molar-refractivity contribution in [2.45, 2.75) is 44.9 Å². The predicted molar refractivity (Wildman–Crippen MR) is 131 cm³/mol. The Kier molecular flexibility index (Phi) is 6.35. The number of nitrogens with zero attached hydrogens (tertiary/aromatic N) is 5. The van der Waals surface area contributed by atoms with Crippen molar-refractivity contribution in [3.63, 3.8) is 0 Å². The van der Waals surface area contributed by atoms with Gasteiger partial charge in [0.2, 0.25) is 10.0 Å². The first kappa shape index (κ1) is 24.1. The highest BCUT2D eigenvalue weighted by Crippen LogP contribution is 2.31. The molecule has 0 unspecified atom stereocenters. The van der Waals surface area contributed by atoms with Crippen molar-refractivity contribution in [1.29, 1.82) is 0 Å². The Balaban J connectivity index is 1.46. The summed E-state index contributed by atoms with van der Waals surface area (Å²) in [5.74, 6) is -0.107. The maximum absolute atomic E-state index is 13.5. The lowest BCUT2D eigenvalue weighted by Crippen LogP contribution is -2.50. The molecule has 0 spiro atoms. The summed E-state index contributed by atoms with van der Waals surface area (Å²) in [4.78, 5) is 19.0. The minimum Gasteiger partial charge on any atom is -0.336 e. The minimum atomic E-state index is -3.65. The third-order valence-corrected chi connectivity index (χ3v) is 8.45. The van der Waals surface area contributed by atoms with Crippen LogP contribution in [0.5, 0.6) is 0 Å². The van der Waals surface area contributed by atoms with Gasteiger partial charge in [-0.25, -0.2) is 18.1 Å². The second-order valence-electron chi connectivity index (χ2n) is 9.77. The summed E-state index contributed by atoms with van der Waals surface area (Å²) in [6, 6.07) is 11.1. The maximum Gasteiger partial charge on any atom is 0.253 e. The minimum absolute atomic E-state index is 0.0583. The normalized spacial score (nSPS) is 15.5. The number of amides is 1. The molecule has 0 radical (unpaired) electrons. The van der Waals surface area contributed by atoms with Crippen LogP contribution in [0.15, 0.2) is 53.9 Å². The lowest BCUT2D eigenvalue weighted by Gasteiger charge is -2.35. The van der Waals surface area contributed by atoms with Crippen LogP contribution in [0, 0.1) is 13.8 Å². The van der Waals surface area contributed by atoms with E-state index >= 15 is 0 Å². The van der Waals surface area contributed by atoms with Crippen LogP contribution in [0.2, 0.25) is 0 Å². The largest absolute Gasteiger partial charge is 0.336 e. The SMILES string of the molecule is Cc1cc(C(C)(C)C)cc(C)c1S(=O)(=O)N1CCN(C(=O)c2ccc(-n3cncn3)cc2)CC1. The topological polar surface area (TPSA) is 88.4 Å². The molecular weight excluding hydrogens is 450 g/mol. The van der Waals surface area contributed by atoms with E-state index in [1.807, 2.05) is 38.1 Å². The molecule has 4 rings (SSSR count). The molecule has 0 N–H and O–H groups in total. The standard InChI is InChI=1S/C25H31N5O3S/c1-18-14-21(25(3,4)5)15-19(2)23(18)34(32,33)29-12-10-28(11-13-29)24(31)20-6-8-22(9-7-20)30-17-26-16-27-30/h6-9,14-17H,10-13H2,1-5H3. The van der Waals surface area contributed by atoms with Gasteiger partial charge in [-0.05, 0) is 60.2 Å². The maximum atomic E-state index is 13.5. The van der Waals surface area contributed by atoms with Crippen molar-refractivity contribution in [1.82, 2.24) is 24.0 Å². The summed E-state index contributed by atoms with van der Waals surface area (Å²) in [7, 11) is -3.65. The van der Waals surface area contributed by atoms with Gasteiger partial charge in [0, 0.05) is 31.7 Å². The van der Waals surface area contributed by atoms with E-state index < -0.39 is 10.0 Å². The van der Waals surface area contributed by atoms with Gasteiger partial charge in [-0.1, -0.05) is 32.9 Å². The van der Waals surface area contributed by atoms with Crippen molar-refractivity contribution in [3.05, 3.63) is 71.3 Å². The fraction of sp³-hybridized carbons (Fsp3) is 0.400. The number of carbonyl (C=O) groups excluding carboxylic acids is 1. The Labute approximate surface area is 201 Å². The molecule has 1 saturated heterocycles. The summed E-state index contributed by atoms with van der Waals surface area (Å²) < 4.78 is 30.1. The Morgan fingerprint density at radius 3 is 2.03 bits per heavy atom. The van der Waals surface area contributed by atoms with Crippen LogP contribution in [0.4, 0.5) is 0 Å². The zero-order valence-electron chi connectivity index (χ0n) is 20.3. The molecule has 0 atom stereocenters. The van der Waals surface area contributed by atoms with E-state index in [9.17, 15) is 13.2 Å². The molecule has 1 aromatic heterocycles. The fourth-order valence-corrected chi connectivity index (χ4v) is 6.17. The lowest BCUT2D eigenvalue weighted by molar-refractivity contribution is 0.0698. The molecule has 1 aliphatic heterocycles. The molecule has 0 aliphatic carbocycles. The van der Waals surface area contributed by atoms with Gasteiger partial charge in [0.1, 0.15) is 12.7 Å². The molecule has 1 aliphatic rings. The van der Waals surface area contributed by atoms with Gasteiger partial charge in [-0.2, -0.15) is 9.40 Å². The molecule has 2 aromatic carbocycles. The van der Waals surface area contributed by atoms with Crippen LogP contribution >= 0.6 is 0 Å². The van der Waals surface area contributed by atoms with Crippen LogP contribution in [-0.2, 0) is 15.4 Å². The Morgan fingerprint density at radius 1 is 0.941 bits per heavy atom. The number of aromatic nitrogens is 3. The number of aryl methyl sites for hydroxylation is 2. The van der Waals surface area contributed by atoms with Crippen molar-refractivity contribution in [3.8, 4) is 5.69 Å². The van der Waals surface area contributed by atoms with Gasteiger partial charge in [0.05, 0.1) is 10.6 Å². The predicted octanol–water partition coefficient (Wildman–Crippen LogP) is 3.33. The first-order valence-electron chi connectivity index (χ1n) is 11.3. The third-order valence-electron chi connectivity index (χ3n) is 6.25. The second-order valence-corrected chi connectivity index (χ2v) is 11.6. The smallest absolute Gasteiger partial charge is 0.253 e. The van der Waals surface area contributed by atoms with Gasteiger partial charge < -0.3 is 4.90 Å². The van der Waals surface area contributed by atoms with Gasteiger partial charge in [0.15, 0.2) is 0 Å². The van der Waals surface area contributed by atoms with Gasteiger partial charge >= 0.3 is 0 Å². The number of carbonyl (C=O) groups is 1. The average Bonchev–Trinajstić information content (AvgIpc) is 3.32.